The number of hydrogen-bond acceptors (Lipinski definition) is 21. The lowest BCUT2D eigenvalue weighted by Gasteiger charge is -2.31. The molecular formula is C49H89N7O14. The van der Waals surface area contributed by atoms with Crippen LogP contribution in [0.1, 0.15) is 117 Å². The minimum atomic E-state index is -0.558. The van der Waals surface area contributed by atoms with E-state index in [9.17, 15) is 34.3 Å². The van der Waals surface area contributed by atoms with Gasteiger partial charge in [-0.05, 0) is 79.9 Å². The second-order valence-electron chi connectivity index (χ2n) is 18.4. The van der Waals surface area contributed by atoms with Gasteiger partial charge in [-0.15, -0.1) is 54.1 Å². The molecule has 0 bridgehead atoms. The maximum atomic E-state index is 9.96. The van der Waals surface area contributed by atoms with Gasteiger partial charge in [-0.3, -0.25) is 0 Å². The average molecular weight is 1000 g/mol. The van der Waals surface area contributed by atoms with Crippen LogP contribution in [0.4, 0.5) is 0 Å². The van der Waals surface area contributed by atoms with Crippen LogP contribution in [0, 0.1) is 99.4 Å². The van der Waals surface area contributed by atoms with Crippen LogP contribution in [0.5, 0.6) is 0 Å². The zero-order valence-electron chi connectivity index (χ0n) is 45.0. The smallest absolute Gasteiger partial charge is 0.155 e. The van der Waals surface area contributed by atoms with Gasteiger partial charge >= 0.3 is 0 Å². The molecule has 1 rings (SSSR count). The summed E-state index contributed by atoms with van der Waals surface area (Å²) in [6.45, 7) is 51.2. The van der Waals surface area contributed by atoms with Gasteiger partial charge < -0.3 is 33.9 Å². The molecule has 21 heteroatoms. The molecule has 0 N–H and O–H groups in total. The van der Waals surface area contributed by atoms with E-state index in [1.54, 1.807) is 30.4 Å². The molecule has 0 aromatic rings. The van der Waals surface area contributed by atoms with Gasteiger partial charge in [0, 0.05) is 23.7 Å². The van der Waals surface area contributed by atoms with Crippen LogP contribution in [0.2, 0.25) is 0 Å². The van der Waals surface area contributed by atoms with Crippen LogP contribution in [0.15, 0.2) is 125 Å². The van der Waals surface area contributed by atoms with Gasteiger partial charge in [-0.2, -0.15) is 0 Å². The van der Waals surface area contributed by atoms with Gasteiger partial charge in [0.05, 0.1) is 0 Å². The number of allylic oxidation sites excluding steroid dienone is 2. The fourth-order valence-corrected chi connectivity index (χ4v) is 5.62. The molecule has 0 heterocycles. The molecule has 0 spiro atoms. The van der Waals surface area contributed by atoms with Crippen molar-refractivity contribution in [3.05, 3.63) is 122 Å². The van der Waals surface area contributed by atoms with Crippen LogP contribution in [0.25, 0.3) is 0 Å². The molecule has 0 aliphatic heterocycles. The van der Waals surface area contributed by atoms with Crippen LogP contribution in [0.3, 0.4) is 0 Å². The first kappa shape index (κ1) is 75.5. The number of rotatable bonds is 30. The summed E-state index contributed by atoms with van der Waals surface area (Å²) in [7, 11) is 0. The Kier molecular flexibility index (Phi) is 54.8. The Labute approximate surface area is 418 Å². The van der Waals surface area contributed by atoms with Gasteiger partial charge in [-0.1, -0.05) is 147 Å². The lowest BCUT2D eigenvalue weighted by Crippen LogP contribution is -2.34. The highest BCUT2D eigenvalue weighted by Gasteiger charge is 2.32. The van der Waals surface area contributed by atoms with E-state index < -0.39 is 5.60 Å². The Hall–Kier alpha value is -6.02. The van der Waals surface area contributed by atoms with Gasteiger partial charge in [-0.25, -0.2) is 0 Å². The van der Waals surface area contributed by atoms with Crippen LogP contribution < -0.4 is 0 Å². The van der Waals surface area contributed by atoms with Crippen molar-refractivity contribution in [2.45, 2.75) is 141 Å². The van der Waals surface area contributed by atoms with Crippen molar-refractivity contribution in [1.82, 2.24) is 0 Å². The van der Waals surface area contributed by atoms with E-state index in [0.29, 0.717) is 55.3 Å². The molecule has 7 atom stereocenters. The van der Waals surface area contributed by atoms with E-state index in [-0.39, 0.29) is 47.9 Å². The molecule has 0 aromatic heterocycles. The number of nitrogens with zero attached hydrogens (tertiary/aromatic N) is 7. The summed E-state index contributed by atoms with van der Waals surface area (Å²) < 4.78 is 0. The fraction of sp³-hybridized carbons (Fsp3) is 0.714. The molecule has 404 valence electrons. The fourth-order valence-electron chi connectivity index (χ4n) is 5.62. The molecule has 1 aliphatic carbocycles. The zero-order valence-corrected chi connectivity index (χ0v) is 45.0. The summed E-state index contributed by atoms with van der Waals surface area (Å²) in [5.74, 6) is 3.55. The van der Waals surface area contributed by atoms with Crippen molar-refractivity contribution < 1.29 is 33.9 Å². The normalized spacial score (nSPS) is 15.1. The molecule has 0 radical (unpaired) electrons. The Morgan fingerprint density at radius 2 is 1.01 bits per heavy atom. The summed E-state index contributed by atoms with van der Waals surface area (Å²) >= 11 is 0. The first-order valence-electron chi connectivity index (χ1n) is 23.1. The van der Waals surface area contributed by atoms with Crippen molar-refractivity contribution in [3.63, 3.8) is 0 Å². The summed E-state index contributed by atoms with van der Waals surface area (Å²) in [5, 5.41) is 16.4. The maximum absolute atomic E-state index is 9.96. The second-order valence-corrected chi connectivity index (χ2v) is 18.4. The maximum Gasteiger partial charge on any atom is 0.155 e. The lowest BCUT2D eigenvalue weighted by atomic mass is 9.82. The van der Waals surface area contributed by atoms with Crippen LogP contribution in [-0.2, 0) is 33.9 Å². The highest BCUT2D eigenvalue weighted by molar-refractivity contribution is 5.16. The summed E-state index contributed by atoms with van der Waals surface area (Å²) in [5.41, 5.74) is -0.558. The minimum Gasteiger partial charge on any atom is -0.364 e. The van der Waals surface area contributed by atoms with E-state index in [1.165, 1.54) is 0 Å². The van der Waals surface area contributed by atoms with Gasteiger partial charge in [0.2, 0.25) is 0 Å². The summed E-state index contributed by atoms with van der Waals surface area (Å²) in [4.78, 5) is 98.5. The van der Waals surface area contributed by atoms with E-state index >= 15 is 0 Å². The molecule has 7 unspecified atom stereocenters. The third-order valence-electron chi connectivity index (χ3n) is 9.76. The Morgan fingerprint density at radius 1 is 0.514 bits per heavy atom. The minimum absolute atomic E-state index is 0.0835. The lowest BCUT2D eigenvalue weighted by molar-refractivity contribution is -0.0588. The molecule has 0 fully saturated rings. The van der Waals surface area contributed by atoms with E-state index in [4.69, 9.17) is 4.84 Å². The Balaban J connectivity index is -0.000000172. The third kappa shape index (κ3) is 45.7. The van der Waals surface area contributed by atoms with Gasteiger partial charge in [0.1, 0.15) is 25.4 Å². The third-order valence-corrected chi connectivity index (χ3v) is 9.76. The van der Waals surface area contributed by atoms with Crippen molar-refractivity contribution in [3.8, 4) is 0 Å². The van der Waals surface area contributed by atoms with Crippen LogP contribution in [-0.4, -0.2) is 43.7 Å². The number of hydrogen-bond donors (Lipinski definition) is 0. The second kappa shape index (κ2) is 50.8. The SMILES string of the molecule is C=CC(C(C)C)C(C)(C)ON=O.C=CC(CON=O)C(C)C.C=CC(ON=O)C(C)C.C=CC(ON=O)C(C=C)C(C)C.CC(C)C1C=CC=CC1ON=O.CC(C)CCON=O.CC(C)CON=O. The van der Waals surface area contributed by atoms with Gasteiger partial charge in [0.15, 0.2) is 55.7 Å². The first-order chi connectivity index (χ1) is 32.9. The standard InChI is InChI=1S/C9H13NO2.C9H17NO2.C9H15NO2.C7H13NO2.C6H11NO2.C5H11NO2.C4H9NO2/c1-7(2)8-5-3-4-6-9(8)12-10-11;1-6-8(7(2)3)9(4,5)12-10-11;1-5-8(7(3)4)9(6-2)12-10-11;1-4-7(6(2)3)5-10-8-9;1-4-6(5(2)3)9-7-8;1-5(2)3-4-8-6-7;1-4(2)3-7-5-6/h3-9H,1-2H3;6-8H,1H2,2-5H3;5-9H,1-2H2,3-4H3;4,6-7H,1,5H2,2-3H3;4-6H,1H2,2-3H3;5H,3-4H2,1-2H3;4H,3H2,1-2H3. The quantitative estimate of drug-likeness (QED) is 0.0280. The van der Waals surface area contributed by atoms with Crippen molar-refractivity contribution in [2.24, 2.45) is 102 Å². The highest BCUT2D eigenvalue weighted by Crippen LogP contribution is 2.29. The van der Waals surface area contributed by atoms with E-state index in [2.05, 4.69) is 141 Å². The Bertz CT molecular complexity index is 1420. The van der Waals surface area contributed by atoms with Crippen molar-refractivity contribution in [1.29, 1.82) is 0 Å². The molecule has 70 heavy (non-hydrogen) atoms. The molecule has 0 saturated heterocycles. The highest BCUT2D eigenvalue weighted by atomic mass is 16.7. The topological polar surface area (TPSA) is 271 Å². The Morgan fingerprint density at radius 3 is 1.31 bits per heavy atom. The van der Waals surface area contributed by atoms with E-state index in [1.807, 2.05) is 93.5 Å². The summed E-state index contributed by atoms with van der Waals surface area (Å²) in [6.07, 6.45) is 16.3. The monoisotopic (exact) mass is 1000 g/mol. The molecule has 21 nitrogen and oxygen atoms in total. The van der Waals surface area contributed by atoms with Crippen LogP contribution >= 0.6 is 0 Å². The van der Waals surface area contributed by atoms with Gasteiger partial charge in [0.25, 0.3) is 0 Å². The predicted molar refractivity (Wildman–Crippen MR) is 280 cm³/mol. The van der Waals surface area contributed by atoms with Crippen molar-refractivity contribution >= 4 is 0 Å². The zero-order chi connectivity index (χ0) is 55.7. The molecule has 0 saturated carbocycles. The van der Waals surface area contributed by atoms with Crippen molar-refractivity contribution in [2.75, 3.05) is 19.8 Å². The first-order valence-corrected chi connectivity index (χ1v) is 23.1. The molecule has 1 aliphatic rings. The average Bonchev–Trinajstić information content (AvgIpc) is 3.29. The van der Waals surface area contributed by atoms with E-state index in [0.717, 1.165) is 6.42 Å². The summed E-state index contributed by atoms with van der Waals surface area (Å²) in [6, 6.07) is 0. The molecular weight excluding hydrogens is 911 g/mol. The largest absolute Gasteiger partial charge is 0.364 e. The predicted octanol–water partition coefficient (Wildman–Crippen LogP) is 15.2. The molecule has 0 aromatic carbocycles. The molecule has 0 amide bonds.